The van der Waals surface area contributed by atoms with E-state index in [-0.39, 0.29) is 34.2 Å². The minimum Gasteiger partial charge on any atom is -0.493 e. The van der Waals surface area contributed by atoms with Gasteiger partial charge in [-0.2, -0.15) is 0 Å². The molecular weight excluding hydrogens is 580 g/mol. The number of aliphatic carboxylic acids is 1. The summed E-state index contributed by atoms with van der Waals surface area (Å²) >= 11 is 0. The molecule has 2 N–H and O–H groups in total. The molecule has 0 amide bonds. The molecule has 3 atom stereocenters. The van der Waals surface area contributed by atoms with E-state index >= 15 is 0 Å². The van der Waals surface area contributed by atoms with Crippen molar-refractivity contribution in [1.29, 1.82) is 0 Å². The zero-order valence-corrected chi connectivity index (χ0v) is 30.0. The van der Waals surface area contributed by atoms with Gasteiger partial charge in [-0.05, 0) is 98.1 Å². The largest absolute Gasteiger partial charge is 0.493 e. The monoisotopic (exact) mass is 634 g/mol. The number of hydrogen-bond acceptors (Lipinski definition) is 5. The Hall–Kier alpha value is -2.01. The first kappa shape index (κ1) is 37.2. The Balaban J connectivity index is 2.13. The van der Waals surface area contributed by atoms with Crippen molar-refractivity contribution in [3.63, 3.8) is 0 Å². The molecule has 0 unspecified atom stereocenters. The molecule has 1 fully saturated rings. The van der Waals surface area contributed by atoms with Crippen LogP contribution in [0.25, 0.3) is 0 Å². The maximum Gasteiger partial charge on any atom is 0.362 e. The quantitative estimate of drug-likeness (QED) is 0.0699. The first-order valence-electron chi connectivity index (χ1n) is 15.5. The second-order valence-electron chi connectivity index (χ2n) is 14.8. The summed E-state index contributed by atoms with van der Waals surface area (Å²) in [5, 5.41) is 20.8. The van der Waals surface area contributed by atoms with Gasteiger partial charge < -0.3 is 23.8 Å². The number of carboxylic acids is 1. The van der Waals surface area contributed by atoms with Crippen molar-refractivity contribution in [2.24, 2.45) is 11.8 Å². The third kappa shape index (κ3) is 10.5. The highest BCUT2D eigenvalue weighted by Crippen LogP contribution is 2.45. The topological polar surface area (TPSA) is 85.2 Å². The summed E-state index contributed by atoms with van der Waals surface area (Å²) in [7, 11) is -5.04. The van der Waals surface area contributed by atoms with Crippen molar-refractivity contribution < 1.29 is 33.0 Å². The van der Waals surface area contributed by atoms with Crippen molar-refractivity contribution >= 4 is 22.6 Å². The number of carboxylic acid groups (broad SMARTS) is 1. The SMILES string of the molecule is CC(C)(C)[Si](C)(C)OC(CC=C=CC[C@H]1[C@@H](O)CC[C@@H]1C=CCCOc1cccc(F)c1)(O[Si](C)(C)C(C)(C)C)C(=O)O. The predicted octanol–water partition coefficient (Wildman–Crippen LogP) is 8.85. The van der Waals surface area contributed by atoms with Crippen LogP contribution < -0.4 is 4.74 Å². The van der Waals surface area contributed by atoms with E-state index in [1.807, 2.05) is 32.3 Å². The highest BCUT2D eigenvalue weighted by Gasteiger charge is 2.54. The van der Waals surface area contributed by atoms with Crippen LogP contribution in [0.2, 0.25) is 36.3 Å². The average molecular weight is 635 g/mol. The molecule has 242 valence electrons. The van der Waals surface area contributed by atoms with E-state index in [4.69, 9.17) is 13.6 Å². The maximum absolute atomic E-state index is 13.3. The molecule has 1 aromatic carbocycles. The van der Waals surface area contributed by atoms with Crippen LogP contribution in [0.3, 0.4) is 0 Å². The molecule has 1 aliphatic rings. The van der Waals surface area contributed by atoms with Crippen LogP contribution in [-0.2, 0) is 13.6 Å². The first-order valence-corrected chi connectivity index (χ1v) is 21.3. The molecule has 1 aromatic rings. The molecule has 9 heteroatoms. The standard InChI is InChI=1S/C34H55FO6Si2/c1-32(2,3)42(7,8)40-34(31(37)38,41-43(9,10)33(4,5)6)23-14-11-12-20-29-26(21-22-30(29)36)17-13-15-24-39-28-19-16-18-27(35)25-28/h12-14,16-19,25-26,29-30,36H,15,20-24H2,1-10H3,(H,37,38)/t11?,26-,29+,30-/m0/s1. The molecule has 0 bridgehead atoms. The van der Waals surface area contributed by atoms with Crippen LogP contribution in [0.15, 0.2) is 54.3 Å². The third-order valence-electron chi connectivity index (χ3n) is 9.35. The normalized spacial score (nSPS) is 20.2. The Morgan fingerprint density at radius 1 is 1.02 bits per heavy atom. The van der Waals surface area contributed by atoms with Crippen molar-refractivity contribution in [3.8, 4) is 5.75 Å². The fourth-order valence-electron chi connectivity index (χ4n) is 4.61. The Labute approximate surface area is 261 Å². The lowest BCUT2D eigenvalue weighted by atomic mass is 9.91. The molecule has 1 aliphatic carbocycles. The van der Waals surface area contributed by atoms with Crippen LogP contribution in [-0.4, -0.2) is 51.3 Å². The summed E-state index contributed by atoms with van der Waals surface area (Å²) in [6.07, 6.45) is 10.4. The lowest BCUT2D eigenvalue weighted by Gasteiger charge is -2.48. The number of carbonyl (C=O) groups is 1. The second kappa shape index (κ2) is 14.8. The number of hydrogen-bond donors (Lipinski definition) is 2. The van der Waals surface area contributed by atoms with E-state index in [9.17, 15) is 19.4 Å². The van der Waals surface area contributed by atoms with Crippen LogP contribution in [0.4, 0.5) is 4.39 Å². The number of aliphatic hydroxyl groups excluding tert-OH is 1. The molecule has 0 radical (unpaired) electrons. The van der Waals surface area contributed by atoms with Crippen molar-refractivity contribution in [2.45, 2.75) is 122 Å². The van der Waals surface area contributed by atoms with E-state index < -0.39 is 34.5 Å². The van der Waals surface area contributed by atoms with Gasteiger partial charge >= 0.3 is 5.97 Å². The summed E-state index contributed by atoms with van der Waals surface area (Å²) in [5.41, 5.74) is 3.18. The minimum atomic E-state index is -2.52. The van der Waals surface area contributed by atoms with E-state index in [1.165, 1.54) is 12.1 Å². The summed E-state index contributed by atoms with van der Waals surface area (Å²) in [4.78, 5) is 12.9. The number of allylic oxidation sites excluding steroid dienone is 1. The molecule has 0 aromatic heterocycles. The third-order valence-corrected chi connectivity index (χ3v) is 18.3. The molecule has 0 saturated heterocycles. The van der Waals surface area contributed by atoms with E-state index in [1.54, 1.807) is 18.2 Å². The summed E-state index contributed by atoms with van der Waals surface area (Å²) in [6.45, 7) is 21.1. The minimum absolute atomic E-state index is 0.0414. The number of halogens is 1. The predicted molar refractivity (Wildman–Crippen MR) is 177 cm³/mol. The van der Waals surface area contributed by atoms with E-state index in [0.29, 0.717) is 25.2 Å². The molecule has 2 rings (SSSR count). The maximum atomic E-state index is 13.3. The van der Waals surface area contributed by atoms with E-state index in [2.05, 4.69) is 59.4 Å². The molecule has 6 nitrogen and oxygen atoms in total. The van der Waals surface area contributed by atoms with Crippen LogP contribution in [0, 0.1) is 17.7 Å². The molecule has 0 spiro atoms. The highest BCUT2D eigenvalue weighted by molar-refractivity contribution is 6.75. The Morgan fingerprint density at radius 2 is 1.63 bits per heavy atom. The zero-order valence-electron chi connectivity index (χ0n) is 28.0. The lowest BCUT2D eigenvalue weighted by molar-refractivity contribution is -0.191. The lowest BCUT2D eigenvalue weighted by Crippen LogP contribution is -2.60. The Kier molecular flexibility index (Phi) is 12.8. The zero-order chi connectivity index (χ0) is 32.7. The van der Waals surface area contributed by atoms with E-state index in [0.717, 1.165) is 12.8 Å². The molecule has 0 heterocycles. The summed E-state index contributed by atoms with van der Waals surface area (Å²) in [5.74, 6) is -2.44. The van der Waals surface area contributed by atoms with Crippen molar-refractivity contribution in [1.82, 2.24) is 0 Å². The van der Waals surface area contributed by atoms with Crippen molar-refractivity contribution in [2.75, 3.05) is 6.61 Å². The van der Waals surface area contributed by atoms with Gasteiger partial charge in [0, 0.05) is 12.5 Å². The van der Waals surface area contributed by atoms with Gasteiger partial charge in [-0.25, -0.2) is 9.18 Å². The molecule has 43 heavy (non-hydrogen) atoms. The number of rotatable bonds is 14. The number of benzene rings is 1. The Bertz CT molecular complexity index is 1130. The highest BCUT2D eigenvalue weighted by atomic mass is 28.4. The van der Waals surface area contributed by atoms with Gasteiger partial charge in [0.05, 0.1) is 12.7 Å². The molecular formula is C34H55FO6Si2. The van der Waals surface area contributed by atoms with Crippen LogP contribution >= 0.6 is 0 Å². The van der Waals surface area contributed by atoms with Gasteiger partial charge in [0.25, 0.3) is 5.79 Å². The number of aliphatic hydroxyl groups is 1. The Morgan fingerprint density at radius 3 is 2.16 bits per heavy atom. The smallest absolute Gasteiger partial charge is 0.362 e. The van der Waals surface area contributed by atoms with Gasteiger partial charge in [-0.15, -0.1) is 5.73 Å². The van der Waals surface area contributed by atoms with Crippen LogP contribution in [0.1, 0.15) is 73.6 Å². The van der Waals surface area contributed by atoms with Gasteiger partial charge in [0.2, 0.25) is 0 Å². The fraction of sp³-hybridized carbons (Fsp3) is 0.647. The van der Waals surface area contributed by atoms with Gasteiger partial charge in [0.1, 0.15) is 11.6 Å². The van der Waals surface area contributed by atoms with Gasteiger partial charge in [-0.3, -0.25) is 0 Å². The van der Waals surface area contributed by atoms with Gasteiger partial charge in [0.15, 0.2) is 16.6 Å². The number of ether oxygens (including phenoxy) is 1. The van der Waals surface area contributed by atoms with Crippen molar-refractivity contribution in [3.05, 3.63) is 60.1 Å². The second-order valence-corrected chi connectivity index (χ2v) is 24.2. The average Bonchev–Trinajstić information content (AvgIpc) is 3.20. The molecule has 0 aliphatic heterocycles. The summed E-state index contributed by atoms with van der Waals surface area (Å²) < 4.78 is 32.1. The van der Waals surface area contributed by atoms with Crippen LogP contribution in [0.5, 0.6) is 5.75 Å². The fourth-order valence-corrected chi connectivity index (χ4v) is 7.38. The van der Waals surface area contributed by atoms with Gasteiger partial charge in [-0.1, -0.05) is 59.8 Å². The molecule has 1 saturated carbocycles. The summed E-state index contributed by atoms with van der Waals surface area (Å²) in [6, 6.07) is 6.11. The first-order chi connectivity index (χ1) is 19.7.